The zero-order valence-corrected chi connectivity index (χ0v) is 17.2. The Hall–Kier alpha value is -2.74. The maximum absolute atomic E-state index is 12.1. The molecule has 0 heterocycles. The topological polar surface area (TPSA) is 133 Å². The largest absolute Gasteiger partial charge is 0.480 e. The van der Waals surface area contributed by atoms with Crippen molar-refractivity contribution in [1.82, 2.24) is 0 Å². The van der Waals surface area contributed by atoms with Crippen molar-refractivity contribution in [3.63, 3.8) is 0 Å². The number of non-ortho nitro benzene ring substituents is 1. The van der Waals surface area contributed by atoms with Crippen LogP contribution in [-0.4, -0.2) is 34.1 Å². The fourth-order valence-corrected chi connectivity index (χ4v) is 2.92. The van der Waals surface area contributed by atoms with Crippen molar-refractivity contribution in [3.05, 3.63) is 52.1 Å². The fraction of sp³-hybridized carbons (Fsp3) is 0.524. The number of nitrogens with zero attached hydrogens (tertiary/aromatic N) is 1. The molecule has 29 heavy (non-hydrogen) atoms. The molecule has 3 atom stereocenters. The van der Waals surface area contributed by atoms with Crippen LogP contribution in [-0.2, 0) is 9.53 Å². The first-order valence-electron chi connectivity index (χ1n) is 9.62. The number of ether oxygens (including phenoxy) is 1. The van der Waals surface area contributed by atoms with Crippen LogP contribution < -0.4 is 5.73 Å². The molecular weight excluding hydrogens is 376 g/mol. The molecule has 0 unspecified atom stereocenters. The predicted molar refractivity (Wildman–Crippen MR) is 110 cm³/mol. The predicted octanol–water partition coefficient (Wildman–Crippen LogP) is 3.94. The number of hydrogen-bond donors (Lipinski definition) is 2. The Labute approximate surface area is 170 Å². The van der Waals surface area contributed by atoms with Crippen molar-refractivity contribution in [2.75, 3.05) is 0 Å². The molecule has 8 heteroatoms. The summed E-state index contributed by atoms with van der Waals surface area (Å²) in [7, 11) is 0. The number of esters is 1. The maximum atomic E-state index is 12.1. The van der Waals surface area contributed by atoms with Crippen LogP contribution in [0, 0.1) is 22.0 Å². The van der Waals surface area contributed by atoms with Gasteiger partial charge < -0.3 is 15.6 Å². The first-order chi connectivity index (χ1) is 13.5. The van der Waals surface area contributed by atoms with E-state index in [1.165, 1.54) is 24.3 Å². The summed E-state index contributed by atoms with van der Waals surface area (Å²) in [5.74, 6) is -0.918. The quantitative estimate of drug-likeness (QED) is 0.316. The van der Waals surface area contributed by atoms with E-state index in [1.807, 2.05) is 6.92 Å². The minimum Gasteiger partial charge on any atom is -0.480 e. The maximum Gasteiger partial charge on any atom is 0.338 e. The number of carbonyl (C=O) groups is 2. The number of benzene rings is 1. The first-order valence-corrected chi connectivity index (χ1v) is 9.62. The smallest absolute Gasteiger partial charge is 0.338 e. The van der Waals surface area contributed by atoms with Gasteiger partial charge in [-0.1, -0.05) is 26.0 Å². The Kier molecular flexibility index (Phi) is 9.47. The lowest BCUT2D eigenvalue weighted by atomic mass is 9.83. The average Bonchev–Trinajstić information content (AvgIpc) is 2.67. The van der Waals surface area contributed by atoms with E-state index >= 15 is 0 Å². The first kappa shape index (κ1) is 24.3. The third kappa shape index (κ3) is 8.03. The van der Waals surface area contributed by atoms with Crippen LogP contribution in [0.1, 0.15) is 56.8 Å². The van der Waals surface area contributed by atoms with E-state index in [0.29, 0.717) is 11.5 Å². The Morgan fingerprint density at radius 1 is 1.28 bits per heavy atom. The molecule has 1 aliphatic carbocycles. The van der Waals surface area contributed by atoms with Crippen molar-refractivity contribution in [3.8, 4) is 0 Å². The number of nitro groups is 1. The summed E-state index contributed by atoms with van der Waals surface area (Å²) in [5.41, 5.74) is 6.60. The van der Waals surface area contributed by atoms with Gasteiger partial charge in [0.05, 0.1) is 10.5 Å². The average molecular weight is 406 g/mol. The molecule has 3 N–H and O–H groups in total. The van der Waals surface area contributed by atoms with E-state index in [2.05, 4.69) is 6.58 Å². The fourth-order valence-electron chi connectivity index (χ4n) is 2.92. The number of nitrogens with two attached hydrogens (primary N) is 1. The van der Waals surface area contributed by atoms with Crippen LogP contribution in [0.15, 0.2) is 36.4 Å². The van der Waals surface area contributed by atoms with Crippen LogP contribution in [0.3, 0.4) is 0 Å². The molecule has 1 aromatic carbocycles. The van der Waals surface area contributed by atoms with Gasteiger partial charge in [-0.3, -0.25) is 14.9 Å². The summed E-state index contributed by atoms with van der Waals surface area (Å²) in [6.07, 6.45) is 3.70. The summed E-state index contributed by atoms with van der Waals surface area (Å²) >= 11 is 0. The van der Waals surface area contributed by atoms with Crippen molar-refractivity contribution in [2.45, 2.75) is 58.6 Å². The highest BCUT2D eigenvalue weighted by atomic mass is 16.6. The Morgan fingerprint density at radius 2 is 1.86 bits per heavy atom. The summed E-state index contributed by atoms with van der Waals surface area (Å²) in [4.78, 5) is 32.2. The molecule has 0 bridgehead atoms. The minimum atomic E-state index is -0.931. The zero-order chi connectivity index (χ0) is 22.1. The minimum absolute atomic E-state index is 0.0208. The molecule has 1 aliphatic rings. The molecule has 160 valence electrons. The molecule has 0 radical (unpaired) electrons. The van der Waals surface area contributed by atoms with Gasteiger partial charge in [-0.15, -0.1) is 0 Å². The lowest BCUT2D eigenvalue weighted by molar-refractivity contribution is -0.384. The lowest BCUT2D eigenvalue weighted by Gasteiger charge is -2.29. The molecule has 1 fully saturated rings. The van der Waals surface area contributed by atoms with E-state index in [-0.39, 0.29) is 17.7 Å². The standard InChI is InChI=1S/C16H19NO4.C5H11NO2/c1-11(2)13-4-3-5-15(10-13)21-16(18)12-6-8-14(9-7-12)17(19)20;1-3(2)4(6)5(7)8/h6-9,13,15H,1,3-5,10H2,2H3;3-4H,6H2,1-2H3,(H,7,8)/t13-,15-;4-/m00/s1. The van der Waals surface area contributed by atoms with Crippen LogP contribution in [0.25, 0.3) is 0 Å². The van der Waals surface area contributed by atoms with Gasteiger partial charge in [-0.25, -0.2) is 4.79 Å². The van der Waals surface area contributed by atoms with Crippen molar-refractivity contribution >= 4 is 17.6 Å². The van der Waals surface area contributed by atoms with E-state index in [9.17, 15) is 19.7 Å². The van der Waals surface area contributed by atoms with Crippen LogP contribution in [0.2, 0.25) is 0 Å². The Balaban J connectivity index is 0.000000447. The summed E-state index contributed by atoms with van der Waals surface area (Å²) < 4.78 is 5.51. The van der Waals surface area contributed by atoms with Crippen LogP contribution in [0.5, 0.6) is 0 Å². The molecule has 0 aliphatic heterocycles. The Bertz CT molecular complexity index is 729. The van der Waals surface area contributed by atoms with Gasteiger partial charge in [0.2, 0.25) is 0 Å². The number of hydrogen-bond acceptors (Lipinski definition) is 6. The SMILES string of the molecule is C=C(C)[C@H]1CCC[C@H](OC(=O)c2ccc([N+](=O)[O-])cc2)C1.CC(C)[C@H](N)C(=O)O. The van der Waals surface area contributed by atoms with Gasteiger partial charge in [0, 0.05) is 12.1 Å². The molecule has 2 rings (SSSR count). The van der Waals surface area contributed by atoms with E-state index < -0.39 is 22.9 Å². The molecule has 1 saturated carbocycles. The van der Waals surface area contributed by atoms with E-state index in [4.69, 9.17) is 15.6 Å². The van der Waals surface area contributed by atoms with Gasteiger partial charge in [0.15, 0.2) is 0 Å². The van der Waals surface area contributed by atoms with Gasteiger partial charge in [0.25, 0.3) is 5.69 Å². The second-order valence-corrected chi connectivity index (χ2v) is 7.65. The van der Waals surface area contributed by atoms with Gasteiger partial charge >= 0.3 is 11.9 Å². The summed E-state index contributed by atoms with van der Waals surface area (Å²) in [6, 6.07) is 4.77. The van der Waals surface area contributed by atoms with Gasteiger partial charge in [-0.2, -0.15) is 0 Å². The number of carbonyl (C=O) groups excluding carboxylic acids is 1. The third-order valence-electron chi connectivity index (χ3n) is 4.91. The Morgan fingerprint density at radius 3 is 2.28 bits per heavy atom. The number of carboxylic acids is 1. The molecule has 8 nitrogen and oxygen atoms in total. The molecule has 1 aromatic rings. The molecule has 0 spiro atoms. The van der Waals surface area contributed by atoms with E-state index in [1.54, 1.807) is 13.8 Å². The highest BCUT2D eigenvalue weighted by molar-refractivity contribution is 5.89. The normalized spacial score (nSPS) is 19.5. The van der Waals surface area contributed by atoms with Crippen molar-refractivity contribution in [2.24, 2.45) is 17.6 Å². The lowest BCUT2D eigenvalue weighted by Crippen LogP contribution is -2.34. The third-order valence-corrected chi connectivity index (χ3v) is 4.91. The monoisotopic (exact) mass is 406 g/mol. The van der Waals surface area contributed by atoms with Gasteiger partial charge in [-0.05, 0) is 56.6 Å². The molecule has 0 saturated heterocycles. The number of nitro benzene ring substituents is 1. The highest BCUT2D eigenvalue weighted by Gasteiger charge is 2.25. The van der Waals surface area contributed by atoms with Crippen LogP contribution >= 0.6 is 0 Å². The second-order valence-electron chi connectivity index (χ2n) is 7.65. The van der Waals surface area contributed by atoms with Crippen molar-refractivity contribution in [1.29, 1.82) is 0 Å². The summed E-state index contributed by atoms with van der Waals surface area (Å²) in [5, 5.41) is 18.8. The van der Waals surface area contributed by atoms with Crippen molar-refractivity contribution < 1.29 is 24.4 Å². The summed E-state index contributed by atoms with van der Waals surface area (Å²) in [6.45, 7) is 9.53. The second kappa shape index (κ2) is 11.3. The number of aliphatic carboxylic acids is 1. The molecular formula is C21H30N2O6. The van der Waals surface area contributed by atoms with Crippen LogP contribution in [0.4, 0.5) is 5.69 Å². The van der Waals surface area contributed by atoms with Gasteiger partial charge in [0.1, 0.15) is 12.1 Å². The highest BCUT2D eigenvalue weighted by Crippen LogP contribution is 2.31. The zero-order valence-electron chi connectivity index (χ0n) is 17.2. The van der Waals surface area contributed by atoms with E-state index in [0.717, 1.165) is 31.3 Å². The number of carboxylic acid groups (broad SMARTS) is 1. The number of allylic oxidation sites excluding steroid dienone is 1. The molecule has 0 amide bonds. The number of rotatable bonds is 6. The molecule has 0 aromatic heterocycles.